The number of pyridine rings is 1. The number of hydrogen-bond acceptors (Lipinski definition) is 6. The van der Waals surface area contributed by atoms with Gasteiger partial charge in [-0.3, -0.25) is 9.78 Å². The van der Waals surface area contributed by atoms with Crippen LogP contribution in [0.3, 0.4) is 0 Å². The van der Waals surface area contributed by atoms with E-state index in [0.29, 0.717) is 12.2 Å². The summed E-state index contributed by atoms with van der Waals surface area (Å²) in [6.45, 7) is 2.19. The molecule has 0 saturated heterocycles. The number of carbonyl (C=O) groups excluding carboxylic acids is 1. The molecule has 2 N–H and O–H groups in total. The molecule has 1 amide bonds. The predicted octanol–water partition coefficient (Wildman–Crippen LogP) is 1.57. The maximum atomic E-state index is 12.7. The van der Waals surface area contributed by atoms with Crippen molar-refractivity contribution in [1.29, 1.82) is 0 Å². The highest BCUT2D eigenvalue weighted by atomic mass is 32.2. The van der Waals surface area contributed by atoms with Crippen molar-refractivity contribution < 1.29 is 13.2 Å². The first-order valence-electron chi connectivity index (χ1n) is 9.84. The lowest BCUT2D eigenvalue weighted by Gasteiger charge is -2.20. The van der Waals surface area contributed by atoms with Crippen LogP contribution in [0.2, 0.25) is 0 Å². The molecule has 1 saturated carbocycles. The summed E-state index contributed by atoms with van der Waals surface area (Å²) in [5.41, 5.74) is 1.72. The van der Waals surface area contributed by atoms with E-state index in [-0.39, 0.29) is 23.6 Å². The molecular formula is C20H24N6O3S. The Kier molecular flexibility index (Phi) is 5.52. The third-order valence-electron chi connectivity index (χ3n) is 5.54. The minimum atomic E-state index is -3.28. The van der Waals surface area contributed by atoms with E-state index in [1.807, 2.05) is 24.3 Å². The highest BCUT2D eigenvalue weighted by molar-refractivity contribution is 7.88. The van der Waals surface area contributed by atoms with Crippen molar-refractivity contribution in [3.05, 3.63) is 48.0 Å². The van der Waals surface area contributed by atoms with Crippen molar-refractivity contribution in [1.82, 2.24) is 30.0 Å². The van der Waals surface area contributed by atoms with Crippen LogP contribution in [0, 0.1) is 12.8 Å². The second-order valence-electron chi connectivity index (χ2n) is 7.71. The molecular weight excluding hydrogens is 404 g/mol. The van der Waals surface area contributed by atoms with Gasteiger partial charge in [-0.25, -0.2) is 17.8 Å². The van der Waals surface area contributed by atoms with E-state index in [1.54, 1.807) is 24.0 Å². The van der Waals surface area contributed by atoms with Crippen molar-refractivity contribution in [2.75, 3.05) is 12.8 Å². The van der Waals surface area contributed by atoms with Crippen LogP contribution in [-0.2, 0) is 10.0 Å². The molecule has 2 heterocycles. The smallest absolute Gasteiger partial charge is 0.273 e. The molecule has 3 aromatic rings. The fraction of sp³-hybridized carbons (Fsp3) is 0.400. The van der Waals surface area contributed by atoms with Crippen molar-refractivity contribution >= 4 is 26.7 Å². The number of benzene rings is 1. The largest absolute Gasteiger partial charge is 0.350 e. The maximum Gasteiger partial charge on any atom is 0.273 e. The van der Waals surface area contributed by atoms with Gasteiger partial charge >= 0.3 is 0 Å². The molecule has 1 aliphatic rings. The number of rotatable bonds is 6. The van der Waals surface area contributed by atoms with Crippen molar-refractivity contribution in [2.24, 2.45) is 5.92 Å². The molecule has 4 rings (SSSR count). The van der Waals surface area contributed by atoms with E-state index in [4.69, 9.17) is 0 Å². The average molecular weight is 429 g/mol. The summed E-state index contributed by atoms with van der Waals surface area (Å²) in [6, 6.07) is 7.55. The predicted molar refractivity (Wildman–Crippen MR) is 113 cm³/mol. The fourth-order valence-corrected chi connectivity index (χ4v) is 4.94. The molecule has 30 heavy (non-hydrogen) atoms. The lowest BCUT2D eigenvalue weighted by Crippen LogP contribution is -2.41. The molecule has 9 nitrogen and oxygen atoms in total. The topological polar surface area (TPSA) is 119 Å². The summed E-state index contributed by atoms with van der Waals surface area (Å²) in [6.07, 6.45) is 7.22. The minimum Gasteiger partial charge on any atom is -0.350 e. The van der Waals surface area contributed by atoms with Crippen LogP contribution in [0.1, 0.15) is 35.4 Å². The second-order valence-corrected chi connectivity index (χ2v) is 9.49. The molecule has 0 unspecified atom stereocenters. The van der Waals surface area contributed by atoms with Gasteiger partial charge in [-0.1, -0.05) is 23.8 Å². The van der Waals surface area contributed by atoms with E-state index in [0.717, 1.165) is 42.0 Å². The van der Waals surface area contributed by atoms with Gasteiger partial charge in [0.2, 0.25) is 10.0 Å². The number of fused-ring (bicyclic) bond motifs is 1. The zero-order chi connectivity index (χ0) is 21.3. The van der Waals surface area contributed by atoms with Crippen molar-refractivity contribution in [3.8, 4) is 5.69 Å². The zero-order valence-electron chi connectivity index (χ0n) is 16.9. The molecule has 0 radical (unpaired) electrons. The lowest BCUT2D eigenvalue weighted by atomic mass is 10.0. The Balaban J connectivity index is 1.50. The van der Waals surface area contributed by atoms with Crippen LogP contribution in [-0.4, -0.2) is 53.1 Å². The van der Waals surface area contributed by atoms with Gasteiger partial charge in [0.25, 0.3) is 5.91 Å². The van der Waals surface area contributed by atoms with Crippen LogP contribution in [0.25, 0.3) is 16.5 Å². The Morgan fingerprint density at radius 3 is 2.90 bits per heavy atom. The molecule has 1 aromatic carbocycles. The lowest BCUT2D eigenvalue weighted by molar-refractivity contribution is 0.0940. The quantitative estimate of drug-likeness (QED) is 0.615. The maximum absolute atomic E-state index is 12.7. The van der Waals surface area contributed by atoms with Gasteiger partial charge in [-0.2, -0.15) is 0 Å². The highest BCUT2D eigenvalue weighted by Crippen LogP contribution is 2.26. The van der Waals surface area contributed by atoms with Crippen LogP contribution >= 0.6 is 0 Å². The first-order chi connectivity index (χ1) is 14.3. The summed E-state index contributed by atoms with van der Waals surface area (Å²) in [5.74, 6) is -0.254. The van der Waals surface area contributed by atoms with Gasteiger partial charge in [0.1, 0.15) is 0 Å². The molecule has 10 heteroatoms. The first-order valence-corrected chi connectivity index (χ1v) is 11.7. The summed E-state index contributed by atoms with van der Waals surface area (Å²) in [7, 11) is -3.28. The molecule has 0 spiro atoms. The summed E-state index contributed by atoms with van der Waals surface area (Å²) < 4.78 is 27.4. The van der Waals surface area contributed by atoms with Gasteiger partial charge in [0, 0.05) is 35.8 Å². The zero-order valence-corrected chi connectivity index (χ0v) is 17.7. The van der Waals surface area contributed by atoms with Gasteiger partial charge in [0.15, 0.2) is 5.69 Å². The third-order valence-corrected chi connectivity index (χ3v) is 6.28. The van der Waals surface area contributed by atoms with Crippen molar-refractivity contribution in [3.63, 3.8) is 0 Å². The normalized spacial score (nSPS) is 19.3. The Hall–Kier alpha value is -2.85. The highest BCUT2D eigenvalue weighted by Gasteiger charge is 2.30. The molecule has 0 bridgehead atoms. The monoisotopic (exact) mass is 428 g/mol. The van der Waals surface area contributed by atoms with Crippen LogP contribution in [0.5, 0.6) is 0 Å². The minimum absolute atomic E-state index is 0.0598. The Morgan fingerprint density at radius 2 is 2.10 bits per heavy atom. The van der Waals surface area contributed by atoms with Gasteiger partial charge in [-0.05, 0) is 37.8 Å². The summed E-state index contributed by atoms with van der Waals surface area (Å²) >= 11 is 0. The summed E-state index contributed by atoms with van der Waals surface area (Å²) in [4.78, 5) is 16.9. The van der Waals surface area contributed by atoms with E-state index in [1.165, 1.54) is 0 Å². The fourth-order valence-electron chi connectivity index (χ4n) is 4.08. The van der Waals surface area contributed by atoms with Gasteiger partial charge < -0.3 is 5.32 Å². The van der Waals surface area contributed by atoms with E-state index in [2.05, 4.69) is 25.3 Å². The van der Waals surface area contributed by atoms with Crippen LogP contribution in [0.15, 0.2) is 36.7 Å². The average Bonchev–Trinajstić information content (AvgIpc) is 3.30. The first kappa shape index (κ1) is 20.4. The Morgan fingerprint density at radius 1 is 1.27 bits per heavy atom. The number of nitrogens with one attached hydrogen (secondary N) is 2. The number of hydrogen-bond donors (Lipinski definition) is 2. The van der Waals surface area contributed by atoms with Crippen molar-refractivity contribution in [2.45, 2.75) is 32.2 Å². The number of aromatic nitrogens is 4. The molecule has 0 aliphatic heterocycles. The Bertz CT molecular complexity index is 1180. The molecule has 1 fully saturated rings. The van der Waals surface area contributed by atoms with Crippen LogP contribution in [0.4, 0.5) is 0 Å². The summed E-state index contributed by atoms with van der Waals surface area (Å²) in [5, 5.41) is 13.1. The number of sulfonamides is 1. The van der Waals surface area contributed by atoms with E-state index < -0.39 is 10.0 Å². The number of carbonyl (C=O) groups is 1. The van der Waals surface area contributed by atoms with Gasteiger partial charge in [0.05, 0.1) is 17.6 Å². The molecule has 2 aromatic heterocycles. The number of nitrogens with zero attached hydrogens (tertiary/aromatic N) is 4. The van der Waals surface area contributed by atoms with Crippen LogP contribution < -0.4 is 10.0 Å². The Labute approximate surface area is 174 Å². The third kappa shape index (κ3) is 4.19. The molecule has 158 valence electrons. The number of amides is 1. The molecule has 2 atom stereocenters. The van der Waals surface area contributed by atoms with E-state index >= 15 is 0 Å². The standard InChI is InChI=1S/C20H24N6O3S/c1-13-19(20(27)22-12-15-6-3-7-17(15)24-30(2,28)29)23-25-26(13)18-8-4-5-14-11-21-10-9-16(14)18/h4-5,8-11,15,17,24H,3,6-7,12H2,1-2H3,(H,22,27)/t15-,17+/m0/s1. The SMILES string of the molecule is Cc1c(C(=O)NC[C@@H]2CCC[C@H]2NS(C)(=O)=O)nnn1-c1cccc2cnccc12. The van der Waals surface area contributed by atoms with Gasteiger partial charge in [-0.15, -0.1) is 5.10 Å². The molecule has 1 aliphatic carbocycles. The second kappa shape index (κ2) is 8.11. The van der Waals surface area contributed by atoms with E-state index in [9.17, 15) is 13.2 Å².